The Hall–Kier alpha value is -0.830. The number of rotatable bonds is 4. The standard InChI is InChI=1S/C12H13BrO2/c1-15-10-4-5-11(13)9(6-10)7-12(14)8-2-3-8/h4-6,8H,2-3,7H2,1H3. The highest BCUT2D eigenvalue weighted by Gasteiger charge is 2.29. The highest BCUT2D eigenvalue weighted by atomic mass is 79.9. The van der Waals surface area contributed by atoms with Crippen LogP contribution in [0.5, 0.6) is 5.75 Å². The van der Waals surface area contributed by atoms with E-state index in [1.54, 1.807) is 7.11 Å². The molecule has 0 N–H and O–H groups in total. The summed E-state index contributed by atoms with van der Waals surface area (Å²) in [6, 6.07) is 5.73. The maximum absolute atomic E-state index is 11.7. The van der Waals surface area contributed by atoms with E-state index in [4.69, 9.17) is 4.74 Å². The van der Waals surface area contributed by atoms with E-state index in [1.165, 1.54) is 0 Å². The third-order valence-corrected chi connectivity index (χ3v) is 3.42. The maximum Gasteiger partial charge on any atom is 0.140 e. The molecule has 15 heavy (non-hydrogen) atoms. The lowest BCUT2D eigenvalue weighted by Crippen LogP contribution is -2.05. The van der Waals surface area contributed by atoms with Crippen LogP contribution < -0.4 is 4.74 Å². The van der Waals surface area contributed by atoms with Gasteiger partial charge in [-0.05, 0) is 36.6 Å². The van der Waals surface area contributed by atoms with Crippen LogP contribution in [-0.2, 0) is 11.2 Å². The fourth-order valence-corrected chi connectivity index (χ4v) is 1.94. The van der Waals surface area contributed by atoms with Gasteiger partial charge in [-0.3, -0.25) is 4.79 Å². The van der Waals surface area contributed by atoms with Crippen molar-refractivity contribution in [3.8, 4) is 5.75 Å². The van der Waals surface area contributed by atoms with Gasteiger partial charge in [0.25, 0.3) is 0 Å². The molecule has 0 amide bonds. The molecule has 1 aliphatic rings. The molecule has 1 aromatic carbocycles. The predicted molar refractivity (Wildman–Crippen MR) is 62.1 cm³/mol. The molecule has 1 aliphatic carbocycles. The van der Waals surface area contributed by atoms with Crippen molar-refractivity contribution in [3.63, 3.8) is 0 Å². The molecule has 3 heteroatoms. The van der Waals surface area contributed by atoms with Gasteiger partial charge in [0.05, 0.1) is 7.11 Å². The number of carbonyl (C=O) groups excluding carboxylic acids is 1. The number of methoxy groups -OCH3 is 1. The Labute approximate surface area is 97.8 Å². The average molecular weight is 269 g/mol. The summed E-state index contributed by atoms with van der Waals surface area (Å²) >= 11 is 3.45. The predicted octanol–water partition coefficient (Wildman–Crippen LogP) is 2.98. The monoisotopic (exact) mass is 268 g/mol. The molecule has 1 fully saturated rings. The van der Waals surface area contributed by atoms with Crippen molar-refractivity contribution in [2.24, 2.45) is 5.92 Å². The van der Waals surface area contributed by atoms with Gasteiger partial charge in [-0.1, -0.05) is 15.9 Å². The molecule has 0 saturated heterocycles. The summed E-state index contributed by atoms with van der Waals surface area (Å²) in [4.78, 5) is 11.7. The summed E-state index contributed by atoms with van der Waals surface area (Å²) < 4.78 is 6.12. The molecule has 0 radical (unpaired) electrons. The first kappa shape index (κ1) is 10.7. The van der Waals surface area contributed by atoms with Gasteiger partial charge in [0.2, 0.25) is 0 Å². The lowest BCUT2D eigenvalue weighted by molar-refractivity contribution is -0.119. The molecule has 2 rings (SSSR count). The molecule has 0 heterocycles. The van der Waals surface area contributed by atoms with Gasteiger partial charge < -0.3 is 4.74 Å². The Morgan fingerprint density at radius 1 is 1.53 bits per heavy atom. The molecule has 0 bridgehead atoms. The zero-order valence-corrected chi connectivity index (χ0v) is 10.2. The SMILES string of the molecule is COc1ccc(Br)c(CC(=O)C2CC2)c1. The largest absolute Gasteiger partial charge is 0.497 e. The number of carbonyl (C=O) groups is 1. The van der Waals surface area contributed by atoms with Crippen LogP contribution in [0.25, 0.3) is 0 Å². The van der Waals surface area contributed by atoms with Crippen molar-refractivity contribution in [1.29, 1.82) is 0 Å². The zero-order chi connectivity index (χ0) is 10.8. The average Bonchev–Trinajstić information content (AvgIpc) is 3.04. The Kier molecular flexibility index (Phi) is 3.10. The highest BCUT2D eigenvalue weighted by molar-refractivity contribution is 9.10. The second-order valence-corrected chi connectivity index (χ2v) is 4.73. The minimum Gasteiger partial charge on any atom is -0.497 e. The maximum atomic E-state index is 11.7. The molecule has 1 aromatic rings. The number of ketones is 1. The van der Waals surface area contributed by atoms with Crippen molar-refractivity contribution in [1.82, 2.24) is 0 Å². The summed E-state index contributed by atoms with van der Waals surface area (Å²) in [6.45, 7) is 0. The van der Waals surface area contributed by atoms with Crippen molar-refractivity contribution < 1.29 is 9.53 Å². The van der Waals surface area contributed by atoms with E-state index in [0.29, 0.717) is 18.1 Å². The zero-order valence-electron chi connectivity index (χ0n) is 8.63. The minimum atomic E-state index is 0.322. The first-order chi connectivity index (χ1) is 7.20. The Morgan fingerprint density at radius 3 is 2.87 bits per heavy atom. The molecule has 0 unspecified atom stereocenters. The van der Waals surface area contributed by atoms with Crippen molar-refractivity contribution >= 4 is 21.7 Å². The van der Waals surface area contributed by atoms with Crippen LogP contribution in [0, 0.1) is 5.92 Å². The second kappa shape index (κ2) is 4.35. The fourth-order valence-electron chi connectivity index (χ4n) is 1.55. The summed E-state index contributed by atoms with van der Waals surface area (Å²) in [5.41, 5.74) is 1.02. The van der Waals surface area contributed by atoms with E-state index in [1.807, 2.05) is 18.2 Å². The molecule has 0 spiro atoms. The lowest BCUT2D eigenvalue weighted by atomic mass is 10.1. The van der Waals surface area contributed by atoms with Crippen LogP contribution >= 0.6 is 15.9 Å². The molecule has 1 saturated carbocycles. The van der Waals surface area contributed by atoms with E-state index in [0.717, 1.165) is 28.6 Å². The number of ether oxygens (including phenoxy) is 1. The molecule has 0 atom stereocenters. The normalized spacial score (nSPS) is 15.1. The van der Waals surface area contributed by atoms with E-state index < -0.39 is 0 Å². The van der Waals surface area contributed by atoms with E-state index in [-0.39, 0.29) is 0 Å². The summed E-state index contributed by atoms with van der Waals surface area (Å²) in [5.74, 6) is 1.48. The third-order valence-electron chi connectivity index (χ3n) is 2.65. The van der Waals surface area contributed by atoms with Crippen LogP contribution in [-0.4, -0.2) is 12.9 Å². The number of halogens is 1. The van der Waals surface area contributed by atoms with E-state index >= 15 is 0 Å². The van der Waals surface area contributed by atoms with Gasteiger partial charge in [0.15, 0.2) is 0 Å². The Balaban J connectivity index is 2.14. The second-order valence-electron chi connectivity index (χ2n) is 3.87. The van der Waals surface area contributed by atoms with Crippen molar-refractivity contribution in [2.75, 3.05) is 7.11 Å². The fraction of sp³-hybridized carbons (Fsp3) is 0.417. The smallest absolute Gasteiger partial charge is 0.140 e. The molecular formula is C12H13BrO2. The molecule has 0 aromatic heterocycles. The van der Waals surface area contributed by atoms with Crippen molar-refractivity contribution in [2.45, 2.75) is 19.3 Å². The van der Waals surface area contributed by atoms with Gasteiger partial charge >= 0.3 is 0 Å². The van der Waals surface area contributed by atoms with E-state index in [9.17, 15) is 4.79 Å². The number of Topliss-reactive ketones (excluding diaryl/α,β-unsaturated/α-hetero) is 1. The van der Waals surface area contributed by atoms with Crippen LogP contribution in [0.15, 0.2) is 22.7 Å². The Bertz CT molecular complexity index is 383. The van der Waals surface area contributed by atoms with Gasteiger partial charge in [-0.2, -0.15) is 0 Å². The number of hydrogen-bond acceptors (Lipinski definition) is 2. The van der Waals surface area contributed by atoms with Crippen LogP contribution in [0.4, 0.5) is 0 Å². The lowest BCUT2D eigenvalue weighted by Gasteiger charge is -2.06. The van der Waals surface area contributed by atoms with Crippen molar-refractivity contribution in [3.05, 3.63) is 28.2 Å². The van der Waals surface area contributed by atoms with Gasteiger partial charge in [0.1, 0.15) is 11.5 Å². The minimum absolute atomic E-state index is 0.322. The van der Waals surface area contributed by atoms with Crippen LogP contribution in [0.2, 0.25) is 0 Å². The Morgan fingerprint density at radius 2 is 2.27 bits per heavy atom. The summed E-state index contributed by atoms with van der Waals surface area (Å²) in [7, 11) is 1.63. The molecule has 0 aliphatic heterocycles. The van der Waals surface area contributed by atoms with Gasteiger partial charge in [0, 0.05) is 16.8 Å². The third kappa shape index (κ3) is 2.59. The van der Waals surface area contributed by atoms with Crippen LogP contribution in [0.1, 0.15) is 18.4 Å². The molecule has 2 nitrogen and oxygen atoms in total. The number of benzene rings is 1. The molecule has 80 valence electrons. The topological polar surface area (TPSA) is 26.3 Å². The summed E-state index contributed by atoms with van der Waals surface area (Å²) in [6.07, 6.45) is 2.66. The van der Waals surface area contributed by atoms with Gasteiger partial charge in [-0.15, -0.1) is 0 Å². The van der Waals surface area contributed by atoms with Crippen LogP contribution in [0.3, 0.4) is 0 Å². The summed E-state index contributed by atoms with van der Waals surface area (Å²) in [5, 5.41) is 0. The van der Waals surface area contributed by atoms with E-state index in [2.05, 4.69) is 15.9 Å². The van der Waals surface area contributed by atoms with Gasteiger partial charge in [-0.25, -0.2) is 0 Å². The number of hydrogen-bond donors (Lipinski definition) is 0. The quantitative estimate of drug-likeness (QED) is 0.840. The highest BCUT2D eigenvalue weighted by Crippen LogP contribution is 2.32. The first-order valence-electron chi connectivity index (χ1n) is 5.06. The first-order valence-corrected chi connectivity index (χ1v) is 5.85. The molecular weight excluding hydrogens is 256 g/mol.